The van der Waals surface area contributed by atoms with E-state index >= 15 is 0 Å². The number of anilines is 1. The summed E-state index contributed by atoms with van der Waals surface area (Å²) in [5, 5.41) is 14.0. The number of hydrogen-bond acceptors (Lipinski definition) is 4. The van der Waals surface area contributed by atoms with Crippen molar-refractivity contribution >= 4 is 17.5 Å². The van der Waals surface area contributed by atoms with Crippen LogP contribution in [0.2, 0.25) is 0 Å². The zero-order valence-corrected chi connectivity index (χ0v) is 14.6. The Balaban J connectivity index is 1.89. The van der Waals surface area contributed by atoms with Gasteiger partial charge in [0.25, 0.3) is 5.91 Å². The zero-order valence-electron chi connectivity index (χ0n) is 14.6. The largest absolute Gasteiger partial charge is 0.483 e. The number of benzene rings is 2. The Morgan fingerprint density at radius 2 is 1.73 bits per heavy atom. The molecule has 6 heteroatoms. The van der Waals surface area contributed by atoms with Gasteiger partial charge in [0.05, 0.1) is 6.07 Å². The van der Waals surface area contributed by atoms with Crippen LogP contribution in [0.4, 0.5) is 5.69 Å². The van der Waals surface area contributed by atoms with Crippen LogP contribution < -0.4 is 15.4 Å². The smallest absolute Gasteiger partial charge is 0.258 e. The number of nitriles is 1. The quantitative estimate of drug-likeness (QED) is 0.765. The molecular weight excluding hydrogens is 330 g/mol. The highest BCUT2D eigenvalue weighted by Gasteiger charge is 2.09. The van der Waals surface area contributed by atoms with E-state index in [9.17, 15) is 9.59 Å². The second-order valence-electron chi connectivity index (χ2n) is 5.57. The van der Waals surface area contributed by atoms with Crippen LogP contribution in [-0.4, -0.2) is 18.4 Å². The number of aryl methyl sites for hydroxylation is 1. The number of nitrogens with zero attached hydrogens (tertiary/aromatic N) is 1. The van der Waals surface area contributed by atoms with Gasteiger partial charge in [-0.25, -0.2) is 0 Å². The molecule has 0 aliphatic carbocycles. The van der Waals surface area contributed by atoms with Crippen LogP contribution in [0.1, 0.15) is 24.5 Å². The topological polar surface area (TPSA) is 91.2 Å². The van der Waals surface area contributed by atoms with Gasteiger partial charge >= 0.3 is 0 Å². The molecular formula is C20H21N3O3. The highest BCUT2D eigenvalue weighted by molar-refractivity contribution is 5.92. The van der Waals surface area contributed by atoms with Gasteiger partial charge in [0, 0.05) is 12.2 Å². The monoisotopic (exact) mass is 351 g/mol. The zero-order chi connectivity index (χ0) is 18.8. The molecule has 0 spiro atoms. The van der Waals surface area contributed by atoms with Crippen molar-refractivity contribution in [3.05, 3.63) is 59.7 Å². The standard InChI is InChI=1S/C20H21N3O3/c1-2-15-7-4-6-10-18(15)26-14-20(25)22-13-16-8-3-5-9-17(16)23-19(24)11-12-21/h3-10H,2,11,13-14H2,1H3,(H,22,25)(H,23,24). The Bertz CT molecular complexity index is 812. The SMILES string of the molecule is CCc1ccccc1OCC(=O)NCc1ccccc1NC(=O)CC#N. The lowest BCUT2D eigenvalue weighted by molar-refractivity contribution is -0.123. The van der Waals surface area contributed by atoms with Crippen LogP contribution >= 0.6 is 0 Å². The van der Waals surface area contributed by atoms with Crippen molar-refractivity contribution in [2.24, 2.45) is 0 Å². The van der Waals surface area contributed by atoms with Crippen molar-refractivity contribution in [1.29, 1.82) is 5.26 Å². The van der Waals surface area contributed by atoms with E-state index in [0.29, 0.717) is 11.4 Å². The number of ether oxygens (including phenoxy) is 1. The number of rotatable bonds is 8. The third-order valence-electron chi connectivity index (χ3n) is 3.72. The van der Waals surface area contributed by atoms with E-state index in [4.69, 9.17) is 10.00 Å². The molecule has 2 aromatic rings. The average molecular weight is 351 g/mol. The predicted molar refractivity (Wildman–Crippen MR) is 98.5 cm³/mol. The van der Waals surface area contributed by atoms with E-state index in [0.717, 1.165) is 17.5 Å². The fraction of sp³-hybridized carbons (Fsp3) is 0.250. The van der Waals surface area contributed by atoms with Crippen molar-refractivity contribution in [1.82, 2.24) is 5.32 Å². The summed E-state index contributed by atoms with van der Waals surface area (Å²) in [6.45, 7) is 2.19. The summed E-state index contributed by atoms with van der Waals surface area (Å²) < 4.78 is 5.59. The van der Waals surface area contributed by atoms with Crippen LogP contribution in [0.15, 0.2) is 48.5 Å². The minimum atomic E-state index is -0.384. The number of nitrogens with one attached hydrogen (secondary N) is 2. The van der Waals surface area contributed by atoms with Gasteiger partial charge in [0.15, 0.2) is 6.61 Å². The highest BCUT2D eigenvalue weighted by atomic mass is 16.5. The molecule has 0 aliphatic heterocycles. The fourth-order valence-electron chi connectivity index (χ4n) is 2.39. The maximum absolute atomic E-state index is 12.1. The number of carbonyl (C=O) groups is 2. The summed E-state index contributed by atoms with van der Waals surface area (Å²) >= 11 is 0. The lowest BCUT2D eigenvalue weighted by atomic mass is 10.1. The van der Waals surface area contributed by atoms with Crippen molar-refractivity contribution in [3.63, 3.8) is 0 Å². The van der Waals surface area contributed by atoms with Gasteiger partial charge in [-0.05, 0) is 29.7 Å². The Labute approximate surface area is 152 Å². The summed E-state index contributed by atoms with van der Waals surface area (Å²) in [5.74, 6) is 0.0640. The average Bonchev–Trinajstić information content (AvgIpc) is 2.66. The summed E-state index contributed by atoms with van der Waals surface area (Å²) in [6, 6.07) is 16.5. The number of hydrogen-bond donors (Lipinski definition) is 2. The Hall–Kier alpha value is -3.33. The number of amides is 2. The van der Waals surface area contributed by atoms with Gasteiger partial charge in [-0.1, -0.05) is 43.3 Å². The lowest BCUT2D eigenvalue weighted by Crippen LogP contribution is -2.29. The fourth-order valence-corrected chi connectivity index (χ4v) is 2.39. The molecule has 6 nitrogen and oxygen atoms in total. The molecule has 0 unspecified atom stereocenters. The molecule has 134 valence electrons. The Morgan fingerprint density at radius 3 is 2.46 bits per heavy atom. The van der Waals surface area contributed by atoms with E-state index in [1.807, 2.05) is 37.3 Å². The first kappa shape index (κ1) is 19.0. The van der Waals surface area contributed by atoms with Crippen LogP contribution in [-0.2, 0) is 22.6 Å². The van der Waals surface area contributed by atoms with Crippen LogP contribution in [0.25, 0.3) is 0 Å². The second-order valence-corrected chi connectivity index (χ2v) is 5.57. The van der Waals surface area contributed by atoms with E-state index < -0.39 is 0 Å². The molecule has 0 atom stereocenters. The number of para-hydroxylation sites is 2. The molecule has 2 rings (SSSR count). The van der Waals surface area contributed by atoms with E-state index in [2.05, 4.69) is 10.6 Å². The molecule has 2 aromatic carbocycles. The summed E-state index contributed by atoms with van der Waals surface area (Å²) in [6.07, 6.45) is 0.610. The molecule has 0 aromatic heterocycles. The first-order valence-electron chi connectivity index (χ1n) is 8.36. The molecule has 0 bridgehead atoms. The second kappa shape index (κ2) is 9.84. The van der Waals surface area contributed by atoms with Crippen molar-refractivity contribution in [3.8, 4) is 11.8 Å². The van der Waals surface area contributed by atoms with Crippen molar-refractivity contribution in [2.75, 3.05) is 11.9 Å². The van der Waals surface area contributed by atoms with Gasteiger partial charge in [0.1, 0.15) is 12.2 Å². The third kappa shape index (κ3) is 5.64. The summed E-state index contributed by atoms with van der Waals surface area (Å²) in [5.41, 5.74) is 2.37. The van der Waals surface area contributed by atoms with Gasteiger partial charge in [0.2, 0.25) is 5.91 Å². The predicted octanol–water partition coefficient (Wildman–Crippen LogP) is 2.80. The number of carbonyl (C=O) groups excluding carboxylic acids is 2. The first-order chi connectivity index (χ1) is 12.6. The molecule has 2 amide bonds. The highest BCUT2D eigenvalue weighted by Crippen LogP contribution is 2.18. The van der Waals surface area contributed by atoms with Crippen LogP contribution in [0, 0.1) is 11.3 Å². The molecule has 26 heavy (non-hydrogen) atoms. The lowest BCUT2D eigenvalue weighted by Gasteiger charge is -2.12. The first-order valence-corrected chi connectivity index (χ1v) is 8.36. The molecule has 0 aliphatic rings. The van der Waals surface area contributed by atoms with Crippen molar-refractivity contribution < 1.29 is 14.3 Å². The minimum Gasteiger partial charge on any atom is -0.483 e. The molecule has 0 heterocycles. The van der Waals surface area contributed by atoms with Crippen LogP contribution in [0.3, 0.4) is 0 Å². The molecule has 0 saturated heterocycles. The third-order valence-corrected chi connectivity index (χ3v) is 3.72. The van der Waals surface area contributed by atoms with Crippen molar-refractivity contribution in [2.45, 2.75) is 26.3 Å². The molecule has 0 radical (unpaired) electrons. The van der Waals surface area contributed by atoms with E-state index in [-0.39, 0.29) is 31.4 Å². The maximum Gasteiger partial charge on any atom is 0.258 e. The van der Waals surface area contributed by atoms with Gasteiger partial charge in [-0.2, -0.15) is 5.26 Å². The molecule has 0 saturated carbocycles. The Kier molecular flexibility index (Phi) is 7.19. The molecule has 2 N–H and O–H groups in total. The minimum absolute atomic E-state index is 0.0834. The van der Waals surface area contributed by atoms with E-state index in [1.165, 1.54) is 0 Å². The Morgan fingerprint density at radius 1 is 1.04 bits per heavy atom. The van der Waals surface area contributed by atoms with Gasteiger partial charge in [-0.15, -0.1) is 0 Å². The maximum atomic E-state index is 12.1. The van der Waals surface area contributed by atoms with Gasteiger partial charge < -0.3 is 15.4 Å². The normalized spacial score (nSPS) is 9.85. The summed E-state index contributed by atoms with van der Waals surface area (Å²) in [4.78, 5) is 23.6. The molecule has 0 fully saturated rings. The summed E-state index contributed by atoms with van der Waals surface area (Å²) in [7, 11) is 0. The van der Waals surface area contributed by atoms with E-state index in [1.54, 1.807) is 24.3 Å². The van der Waals surface area contributed by atoms with Gasteiger partial charge in [-0.3, -0.25) is 9.59 Å². The van der Waals surface area contributed by atoms with Crippen LogP contribution in [0.5, 0.6) is 5.75 Å².